The maximum atomic E-state index is 13.9. The third kappa shape index (κ3) is 4.48. The van der Waals surface area contributed by atoms with Gasteiger partial charge in [0, 0.05) is 38.3 Å². The second kappa shape index (κ2) is 8.83. The molecule has 0 saturated carbocycles. The lowest BCUT2D eigenvalue weighted by Crippen LogP contribution is -2.48. The summed E-state index contributed by atoms with van der Waals surface area (Å²) in [7, 11) is -3.54. The van der Waals surface area contributed by atoms with Crippen LogP contribution in [0.4, 0.5) is 18.9 Å². The summed E-state index contributed by atoms with van der Waals surface area (Å²) in [5.74, 6) is 0.285. The summed E-state index contributed by atoms with van der Waals surface area (Å²) < 4.78 is 68.9. The molecule has 184 valence electrons. The van der Waals surface area contributed by atoms with Gasteiger partial charge in [-0.3, -0.25) is 0 Å². The van der Waals surface area contributed by atoms with Gasteiger partial charge in [0.2, 0.25) is 10.0 Å². The van der Waals surface area contributed by atoms with Crippen LogP contribution in [0.15, 0.2) is 77.7 Å². The van der Waals surface area contributed by atoms with Gasteiger partial charge in [0.15, 0.2) is 0 Å². The molecule has 1 aliphatic carbocycles. The number of sulfonamides is 1. The van der Waals surface area contributed by atoms with E-state index in [9.17, 15) is 21.6 Å². The number of H-pyrrole nitrogens is 1. The third-order valence-electron chi connectivity index (χ3n) is 6.69. The highest BCUT2D eigenvalue weighted by molar-refractivity contribution is 7.89. The van der Waals surface area contributed by atoms with Crippen LogP contribution < -0.4 is 4.90 Å². The molecule has 6 nitrogen and oxygen atoms in total. The number of alkyl halides is 3. The van der Waals surface area contributed by atoms with E-state index in [1.165, 1.54) is 22.5 Å². The van der Waals surface area contributed by atoms with Crippen molar-refractivity contribution in [1.82, 2.24) is 14.3 Å². The van der Waals surface area contributed by atoms with E-state index in [-0.39, 0.29) is 23.6 Å². The molecule has 1 atom stereocenters. The fourth-order valence-corrected chi connectivity index (χ4v) is 6.11. The Balaban J connectivity index is 1.31. The smallest absolute Gasteiger partial charge is 0.369 e. The highest BCUT2D eigenvalue weighted by Gasteiger charge is 2.53. The molecular formula is C25H25F3N4O2S. The molecule has 35 heavy (non-hydrogen) atoms. The van der Waals surface area contributed by atoms with Crippen LogP contribution in [0.1, 0.15) is 12.2 Å². The molecule has 1 saturated heterocycles. The lowest BCUT2D eigenvalue weighted by atomic mass is 9.77. The van der Waals surface area contributed by atoms with Crippen molar-refractivity contribution >= 4 is 26.7 Å². The van der Waals surface area contributed by atoms with Gasteiger partial charge in [0.25, 0.3) is 0 Å². The molecule has 1 aliphatic heterocycles. The number of nitrogens with one attached hydrogen (secondary N) is 1. The number of piperazine rings is 1. The van der Waals surface area contributed by atoms with Crippen molar-refractivity contribution in [3.8, 4) is 0 Å². The van der Waals surface area contributed by atoms with E-state index in [1.54, 1.807) is 42.5 Å². The summed E-state index contributed by atoms with van der Waals surface area (Å²) in [6.07, 6.45) is 1.04. The van der Waals surface area contributed by atoms with E-state index in [0.29, 0.717) is 37.2 Å². The number of aromatic nitrogens is 2. The summed E-state index contributed by atoms with van der Waals surface area (Å²) >= 11 is 0. The number of allylic oxidation sites excluding steroid dienone is 4. The molecule has 0 radical (unpaired) electrons. The monoisotopic (exact) mass is 502 g/mol. The Hall–Kier alpha value is -3.11. The Kier molecular flexibility index (Phi) is 5.96. The molecule has 1 N–H and O–H groups in total. The van der Waals surface area contributed by atoms with Crippen LogP contribution in [-0.4, -0.2) is 55.0 Å². The highest BCUT2D eigenvalue weighted by atomic mass is 32.2. The van der Waals surface area contributed by atoms with Crippen molar-refractivity contribution in [2.75, 3.05) is 31.1 Å². The largest absolute Gasteiger partial charge is 0.398 e. The number of benzene rings is 2. The summed E-state index contributed by atoms with van der Waals surface area (Å²) in [5.41, 5.74) is 0.153. The predicted octanol–water partition coefficient (Wildman–Crippen LogP) is 4.68. The van der Waals surface area contributed by atoms with Crippen LogP contribution in [-0.2, 0) is 16.4 Å². The molecule has 3 aromatic rings. The number of aromatic amines is 1. The predicted molar refractivity (Wildman–Crippen MR) is 129 cm³/mol. The van der Waals surface area contributed by atoms with Crippen molar-refractivity contribution in [1.29, 1.82) is 0 Å². The number of hydrogen-bond acceptors (Lipinski definition) is 4. The number of anilines is 1. The lowest BCUT2D eigenvalue weighted by Gasteiger charge is -2.35. The molecule has 0 spiro atoms. The van der Waals surface area contributed by atoms with Crippen LogP contribution in [0, 0.1) is 5.41 Å². The van der Waals surface area contributed by atoms with Gasteiger partial charge in [-0.15, -0.1) is 0 Å². The number of hydrogen-bond donors (Lipinski definition) is 1. The standard InChI is InChI=1S/C25H25F3N4O2S/c26-25(27,28)24(11-5-2-6-12-24)18-23-29-21-10-9-19(17-22(21)30-23)31-13-15-32(16-14-31)35(33,34)20-7-3-1-4-8-20/h1-11,17H,12-16,18H2,(H,29,30). The number of halogens is 3. The molecule has 0 amide bonds. The Morgan fingerprint density at radius 3 is 2.40 bits per heavy atom. The van der Waals surface area contributed by atoms with Gasteiger partial charge in [-0.1, -0.05) is 42.5 Å². The van der Waals surface area contributed by atoms with Gasteiger partial charge in [-0.05, 0) is 36.8 Å². The molecule has 2 aromatic carbocycles. The fourth-order valence-electron chi connectivity index (χ4n) is 4.66. The quantitative estimate of drug-likeness (QED) is 0.550. The number of nitrogens with zero attached hydrogens (tertiary/aromatic N) is 3. The van der Waals surface area contributed by atoms with Gasteiger partial charge in [-0.2, -0.15) is 17.5 Å². The zero-order chi connectivity index (χ0) is 24.7. The van der Waals surface area contributed by atoms with E-state index in [0.717, 1.165) is 5.69 Å². The normalized spacial score (nSPS) is 21.6. The molecule has 2 aliphatic rings. The molecule has 1 unspecified atom stereocenters. The second-order valence-corrected chi connectivity index (χ2v) is 10.8. The average Bonchev–Trinajstić information content (AvgIpc) is 3.26. The number of fused-ring (bicyclic) bond motifs is 1. The number of rotatable bonds is 5. The topological polar surface area (TPSA) is 69.3 Å². The van der Waals surface area contributed by atoms with Crippen LogP contribution >= 0.6 is 0 Å². The maximum absolute atomic E-state index is 13.9. The van der Waals surface area contributed by atoms with E-state index >= 15 is 0 Å². The summed E-state index contributed by atoms with van der Waals surface area (Å²) in [6.45, 7) is 1.70. The molecule has 0 bridgehead atoms. The minimum Gasteiger partial charge on any atom is -0.369 e. The summed E-state index contributed by atoms with van der Waals surface area (Å²) in [6, 6.07) is 13.9. The van der Waals surface area contributed by atoms with Crippen LogP contribution in [0.5, 0.6) is 0 Å². The summed E-state index contributed by atoms with van der Waals surface area (Å²) in [5, 5.41) is 0. The minimum atomic E-state index is -4.39. The highest BCUT2D eigenvalue weighted by Crippen LogP contribution is 2.46. The van der Waals surface area contributed by atoms with Crippen molar-refractivity contribution in [3.05, 3.63) is 78.7 Å². The van der Waals surface area contributed by atoms with Gasteiger partial charge in [-0.25, -0.2) is 13.4 Å². The average molecular weight is 503 g/mol. The fraction of sp³-hybridized carbons (Fsp3) is 0.320. The minimum absolute atomic E-state index is 0.120. The zero-order valence-electron chi connectivity index (χ0n) is 18.9. The molecular weight excluding hydrogens is 477 g/mol. The van der Waals surface area contributed by atoms with Crippen molar-refractivity contribution < 1.29 is 21.6 Å². The Labute approximate surface area is 201 Å². The van der Waals surface area contributed by atoms with Gasteiger partial charge in [0.1, 0.15) is 5.82 Å². The third-order valence-corrected chi connectivity index (χ3v) is 8.60. The van der Waals surface area contributed by atoms with E-state index in [2.05, 4.69) is 14.9 Å². The Morgan fingerprint density at radius 1 is 1.00 bits per heavy atom. The van der Waals surface area contributed by atoms with Crippen LogP contribution in [0.2, 0.25) is 0 Å². The molecule has 10 heteroatoms. The molecule has 2 heterocycles. The van der Waals surface area contributed by atoms with Gasteiger partial charge in [0.05, 0.1) is 21.3 Å². The van der Waals surface area contributed by atoms with Crippen molar-refractivity contribution in [2.24, 2.45) is 5.41 Å². The zero-order valence-corrected chi connectivity index (χ0v) is 19.7. The van der Waals surface area contributed by atoms with Crippen LogP contribution in [0.25, 0.3) is 11.0 Å². The maximum Gasteiger partial charge on any atom is 0.398 e. The summed E-state index contributed by atoms with van der Waals surface area (Å²) in [4.78, 5) is 9.83. The van der Waals surface area contributed by atoms with Crippen LogP contribution in [0.3, 0.4) is 0 Å². The first-order valence-electron chi connectivity index (χ1n) is 11.4. The first-order chi connectivity index (χ1) is 16.7. The Morgan fingerprint density at radius 2 is 1.74 bits per heavy atom. The number of imidazole rings is 1. The lowest BCUT2D eigenvalue weighted by molar-refractivity contribution is -0.205. The first-order valence-corrected chi connectivity index (χ1v) is 12.8. The molecule has 1 aromatic heterocycles. The van der Waals surface area contributed by atoms with E-state index in [1.807, 2.05) is 12.1 Å². The van der Waals surface area contributed by atoms with E-state index < -0.39 is 21.6 Å². The van der Waals surface area contributed by atoms with Gasteiger partial charge >= 0.3 is 6.18 Å². The Bertz CT molecular complexity index is 1370. The van der Waals surface area contributed by atoms with Gasteiger partial charge < -0.3 is 9.88 Å². The van der Waals surface area contributed by atoms with E-state index in [4.69, 9.17) is 0 Å². The SMILES string of the molecule is O=S(=O)(c1ccccc1)N1CCN(c2ccc3nc(CC4(C(F)(F)F)C=CC=CC4)[nH]c3c2)CC1. The first kappa shape index (κ1) is 23.6. The van der Waals surface area contributed by atoms with Crippen molar-refractivity contribution in [2.45, 2.75) is 23.9 Å². The molecule has 5 rings (SSSR count). The molecule has 1 fully saturated rings. The van der Waals surface area contributed by atoms with Crippen molar-refractivity contribution in [3.63, 3.8) is 0 Å². The second-order valence-electron chi connectivity index (χ2n) is 8.91.